The highest BCUT2D eigenvalue weighted by Crippen LogP contribution is 2.21. The zero-order valence-corrected chi connectivity index (χ0v) is 8.46. The van der Waals surface area contributed by atoms with Crippen LogP contribution < -0.4 is 4.74 Å². The molecule has 2 nitrogen and oxygen atoms in total. The van der Waals surface area contributed by atoms with Crippen LogP contribution in [0.25, 0.3) is 0 Å². The lowest BCUT2D eigenvalue weighted by atomic mass is 10.2. The average molecular weight is 295 g/mol. The molecule has 0 saturated heterocycles. The second kappa shape index (κ2) is 4.37. The average Bonchev–Trinajstić information content (AvgIpc) is 2.07. The number of hydrogen-bond donors (Lipinski definition) is 0. The van der Waals surface area contributed by atoms with Gasteiger partial charge in [0.2, 0.25) is 0 Å². The largest absolute Gasteiger partial charge is 0.433 e. The fourth-order valence-corrected chi connectivity index (χ4v) is 1.28. The highest BCUT2D eigenvalue weighted by molar-refractivity contribution is 14.1. The molecule has 1 aromatic carbocycles. The fourth-order valence-electron chi connectivity index (χ4n) is 0.788. The number of ether oxygens (including phenoxy) is 1. The third-order valence-electron chi connectivity index (χ3n) is 1.28. The minimum Gasteiger partial charge on any atom is -0.433 e. The summed E-state index contributed by atoms with van der Waals surface area (Å²) in [5.41, 5.74) is 0.118. The molecule has 0 aliphatic carbocycles. The van der Waals surface area contributed by atoms with E-state index in [-0.39, 0.29) is 11.3 Å². The van der Waals surface area contributed by atoms with Crippen LogP contribution in [0.3, 0.4) is 0 Å². The minimum atomic E-state index is -2.90. The van der Waals surface area contributed by atoms with Crippen molar-refractivity contribution in [2.24, 2.45) is 0 Å². The number of nitriles is 1. The molecule has 0 atom stereocenters. The van der Waals surface area contributed by atoms with Gasteiger partial charge in [-0.1, -0.05) is 0 Å². The van der Waals surface area contributed by atoms with Crippen molar-refractivity contribution in [2.75, 3.05) is 0 Å². The smallest absolute Gasteiger partial charge is 0.387 e. The Kier molecular flexibility index (Phi) is 3.42. The van der Waals surface area contributed by atoms with Crippen molar-refractivity contribution in [3.05, 3.63) is 27.3 Å². The van der Waals surface area contributed by atoms with Crippen molar-refractivity contribution in [1.29, 1.82) is 5.26 Å². The van der Waals surface area contributed by atoms with E-state index in [9.17, 15) is 8.78 Å². The molecule has 0 spiro atoms. The molecule has 0 aliphatic rings. The van der Waals surface area contributed by atoms with Gasteiger partial charge >= 0.3 is 6.61 Å². The summed E-state index contributed by atoms with van der Waals surface area (Å²) in [7, 11) is 0. The van der Waals surface area contributed by atoms with Gasteiger partial charge in [-0.25, -0.2) is 0 Å². The lowest BCUT2D eigenvalue weighted by Gasteiger charge is -2.05. The molecule has 13 heavy (non-hydrogen) atoms. The van der Waals surface area contributed by atoms with Gasteiger partial charge in [0.15, 0.2) is 0 Å². The predicted octanol–water partition coefficient (Wildman–Crippen LogP) is 2.76. The summed E-state index contributed by atoms with van der Waals surface area (Å²) in [6, 6.07) is 6.21. The van der Waals surface area contributed by atoms with Gasteiger partial charge in [-0.3, -0.25) is 0 Å². The van der Waals surface area contributed by atoms with Crippen LogP contribution >= 0.6 is 22.6 Å². The number of alkyl halides is 2. The van der Waals surface area contributed by atoms with E-state index in [1.54, 1.807) is 12.1 Å². The van der Waals surface area contributed by atoms with E-state index in [1.807, 2.05) is 22.6 Å². The maximum absolute atomic E-state index is 11.8. The number of halogens is 3. The van der Waals surface area contributed by atoms with Crippen molar-refractivity contribution in [3.8, 4) is 11.8 Å². The topological polar surface area (TPSA) is 33.0 Å². The second-order valence-electron chi connectivity index (χ2n) is 2.13. The molecule has 0 saturated carbocycles. The van der Waals surface area contributed by atoms with Crippen LogP contribution in [-0.4, -0.2) is 6.61 Å². The van der Waals surface area contributed by atoms with Gasteiger partial charge in [-0.05, 0) is 40.8 Å². The third-order valence-corrected chi connectivity index (χ3v) is 1.95. The van der Waals surface area contributed by atoms with Gasteiger partial charge in [0.25, 0.3) is 0 Å². The molecular weight excluding hydrogens is 291 g/mol. The zero-order chi connectivity index (χ0) is 9.84. The van der Waals surface area contributed by atoms with E-state index < -0.39 is 6.61 Å². The molecule has 1 aromatic rings. The Morgan fingerprint density at radius 2 is 2.15 bits per heavy atom. The van der Waals surface area contributed by atoms with E-state index in [0.29, 0.717) is 0 Å². The quantitative estimate of drug-likeness (QED) is 0.786. The summed E-state index contributed by atoms with van der Waals surface area (Å²) < 4.78 is 28.5. The highest BCUT2D eigenvalue weighted by Gasteiger charge is 2.09. The van der Waals surface area contributed by atoms with Crippen LogP contribution in [0, 0.1) is 14.9 Å². The van der Waals surface area contributed by atoms with E-state index >= 15 is 0 Å². The fraction of sp³-hybridized carbons (Fsp3) is 0.125. The van der Waals surface area contributed by atoms with Crippen molar-refractivity contribution in [3.63, 3.8) is 0 Å². The van der Waals surface area contributed by atoms with Gasteiger partial charge in [-0.2, -0.15) is 14.0 Å². The van der Waals surface area contributed by atoms with Crippen molar-refractivity contribution < 1.29 is 13.5 Å². The summed E-state index contributed by atoms with van der Waals surface area (Å²) in [5.74, 6) is -0.0853. The maximum Gasteiger partial charge on any atom is 0.387 e. The highest BCUT2D eigenvalue weighted by atomic mass is 127. The van der Waals surface area contributed by atoms with Crippen LogP contribution in [0.1, 0.15) is 5.56 Å². The zero-order valence-electron chi connectivity index (χ0n) is 6.30. The summed E-state index contributed by atoms with van der Waals surface area (Å²) >= 11 is 1.98. The van der Waals surface area contributed by atoms with Gasteiger partial charge in [0.1, 0.15) is 11.8 Å². The summed E-state index contributed by atoms with van der Waals surface area (Å²) in [6.45, 7) is -2.90. The Balaban J connectivity index is 3.01. The molecule has 0 unspecified atom stereocenters. The van der Waals surface area contributed by atoms with Crippen LogP contribution in [-0.2, 0) is 0 Å². The molecule has 1 rings (SSSR count). The van der Waals surface area contributed by atoms with E-state index in [2.05, 4.69) is 4.74 Å². The lowest BCUT2D eigenvalue weighted by Crippen LogP contribution is -2.03. The predicted molar refractivity (Wildman–Crippen MR) is 50.5 cm³/mol. The number of benzene rings is 1. The molecular formula is C8H4F2INO. The first-order chi connectivity index (χ1) is 6.13. The molecule has 0 bridgehead atoms. The SMILES string of the molecule is N#Cc1cc(I)ccc1OC(F)F. The molecule has 5 heteroatoms. The van der Waals surface area contributed by atoms with Crippen molar-refractivity contribution >= 4 is 22.6 Å². The Labute approximate surface area is 87.3 Å². The van der Waals surface area contributed by atoms with Crippen LogP contribution in [0.4, 0.5) is 8.78 Å². The summed E-state index contributed by atoms with van der Waals surface area (Å²) in [4.78, 5) is 0. The van der Waals surface area contributed by atoms with E-state index in [1.165, 1.54) is 12.1 Å². The third kappa shape index (κ3) is 2.81. The van der Waals surface area contributed by atoms with Crippen molar-refractivity contribution in [1.82, 2.24) is 0 Å². The second-order valence-corrected chi connectivity index (χ2v) is 3.38. The number of rotatable bonds is 2. The number of hydrogen-bond acceptors (Lipinski definition) is 2. The van der Waals surface area contributed by atoms with Gasteiger partial charge in [-0.15, -0.1) is 0 Å². The first kappa shape index (κ1) is 10.2. The molecule has 0 aliphatic heterocycles. The monoisotopic (exact) mass is 295 g/mol. The minimum absolute atomic E-state index is 0.0853. The number of nitrogens with zero attached hydrogens (tertiary/aromatic N) is 1. The van der Waals surface area contributed by atoms with Crippen LogP contribution in [0.5, 0.6) is 5.75 Å². The molecule has 0 aromatic heterocycles. The van der Waals surface area contributed by atoms with E-state index in [4.69, 9.17) is 5.26 Å². The standard InChI is InChI=1S/C8H4F2INO/c9-8(10)13-7-2-1-6(11)3-5(7)4-12/h1-3,8H. The summed E-state index contributed by atoms with van der Waals surface area (Å²) in [6.07, 6.45) is 0. The maximum atomic E-state index is 11.8. The Bertz CT molecular complexity index is 348. The van der Waals surface area contributed by atoms with Gasteiger partial charge in [0, 0.05) is 3.57 Å². The van der Waals surface area contributed by atoms with E-state index in [0.717, 1.165) is 3.57 Å². The Morgan fingerprint density at radius 3 is 2.69 bits per heavy atom. The van der Waals surface area contributed by atoms with Crippen LogP contribution in [0.2, 0.25) is 0 Å². The molecule has 0 fully saturated rings. The molecule has 0 amide bonds. The molecule has 0 radical (unpaired) electrons. The molecule has 0 N–H and O–H groups in total. The Morgan fingerprint density at radius 1 is 1.46 bits per heavy atom. The first-order valence-corrected chi connectivity index (χ1v) is 4.36. The molecule has 0 heterocycles. The van der Waals surface area contributed by atoms with Crippen molar-refractivity contribution in [2.45, 2.75) is 6.61 Å². The van der Waals surface area contributed by atoms with Gasteiger partial charge in [0.05, 0.1) is 5.56 Å². The van der Waals surface area contributed by atoms with Gasteiger partial charge < -0.3 is 4.74 Å². The first-order valence-electron chi connectivity index (χ1n) is 3.28. The molecule has 68 valence electrons. The summed E-state index contributed by atoms with van der Waals surface area (Å²) in [5, 5.41) is 8.58. The lowest BCUT2D eigenvalue weighted by molar-refractivity contribution is -0.0500. The van der Waals surface area contributed by atoms with Crippen LogP contribution in [0.15, 0.2) is 18.2 Å². The Hall–Kier alpha value is -0.900. The normalized spacial score (nSPS) is 9.77.